The average molecular weight is 369 g/mol. The molecule has 0 spiro atoms. The summed E-state index contributed by atoms with van der Waals surface area (Å²) in [5.41, 5.74) is 2.39. The molecule has 4 nitrogen and oxygen atoms in total. The first kappa shape index (κ1) is 18.4. The van der Waals surface area contributed by atoms with E-state index in [1.54, 1.807) is 18.4 Å². The van der Waals surface area contributed by atoms with Crippen molar-refractivity contribution in [2.45, 2.75) is 19.9 Å². The molecule has 0 unspecified atom stereocenters. The van der Waals surface area contributed by atoms with Gasteiger partial charge in [0.1, 0.15) is 16.5 Å². The number of thiazole rings is 1. The van der Waals surface area contributed by atoms with Crippen molar-refractivity contribution in [1.82, 2.24) is 10.3 Å². The summed E-state index contributed by atoms with van der Waals surface area (Å²) in [5.74, 6) is 1.85. The molecule has 0 aliphatic heterocycles. The van der Waals surface area contributed by atoms with Crippen LogP contribution in [-0.4, -0.2) is 25.2 Å². The van der Waals surface area contributed by atoms with Gasteiger partial charge in [-0.2, -0.15) is 0 Å². The molecule has 1 aromatic heterocycles. The second-order valence-corrected chi connectivity index (χ2v) is 6.93. The van der Waals surface area contributed by atoms with Crippen LogP contribution in [0, 0.1) is 0 Å². The zero-order valence-electron chi connectivity index (χ0n) is 15.2. The Labute approximate surface area is 158 Å². The Balaban J connectivity index is 1.50. The Kier molecular flexibility index (Phi) is 6.63. The van der Waals surface area contributed by atoms with E-state index in [-0.39, 0.29) is 0 Å². The van der Waals surface area contributed by atoms with E-state index in [1.165, 1.54) is 16.0 Å². The molecule has 0 aliphatic carbocycles. The van der Waals surface area contributed by atoms with E-state index in [0.717, 1.165) is 36.0 Å². The van der Waals surface area contributed by atoms with Gasteiger partial charge in [-0.25, -0.2) is 4.98 Å². The van der Waals surface area contributed by atoms with Crippen LogP contribution < -0.4 is 14.8 Å². The lowest BCUT2D eigenvalue weighted by Crippen LogP contribution is -2.16. The van der Waals surface area contributed by atoms with Gasteiger partial charge in [-0.1, -0.05) is 18.2 Å². The fourth-order valence-corrected chi connectivity index (χ4v) is 3.63. The van der Waals surface area contributed by atoms with E-state index < -0.39 is 0 Å². The van der Waals surface area contributed by atoms with Gasteiger partial charge in [-0.05, 0) is 61.3 Å². The summed E-state index contributed by atoms with van der Waals surface area (Å²) in [4.78, 5) is 5.71. The van der Waals surface area contributed by atoms with Gasteiger partial charge >= 0.3 is 0 Å². The summed E-state index contributed by atoms with van der Waals surface area (Å²) in [5, 5.41) is 4.56. The molecular formula is C21H24N2O2S. The first-order chi connectivity index (χ1) is 12.8. The van der Waals surface area contributed by atoms with Gasteiger partial charge in [0.15, 0.2) is 0 Å². The molecule has 3 aromatic rings. The van der Waals surface area contributed by atoms with Crippen LogP contribution in [0.5, 0.6) is 11.5 Å². The zero-order valence-corrected chi connectivity index (χ0v) is 16.0. The molecule has 0 bridgehead atoms. The average Bonchev–Trinajstić information content (AvgIpc) is 3.15. The third-order valence-electron chi connectivity index (χ3n) is 4.04. The molecule has 5 heteroatoms. The smallest absolute Gasteiger partial charge is 0.122 e. The second kappa shape index (κ2) is 9.36. The predicted octanol–water partition coefficient (Wildman–Crippen LogP) is 4.55. The van der Waals surface area contributed by atoms with Crippen LogP contribution in [-0.2, 0) is 13.0 Å². The van der Waals surface area contributed by atoms with Crippen molar-refractivity contribution in [3.05, 3.63) is 65.3 Å². The minimum absolute atomic E-state index is 0.685. The van der Waals surface area contributed by atoms with Gasteiger partial charge in [0.05, 0.1) is 18.6 Å². The van der Waals surface area contributed by atoms with Crippen molar-refractivity contribution in [2.24, 2.45) is 0 Å². The third kappa shape index (κ3) is 4.84. The second-order valence-electron chi connectivity index (χ2n) is 5.81. The number of para-hydroxylation sites is 1. The molecule has 0 atom stereocenters. The first-order valence-electron chi connectivity index (χ1n) is 8.80. The van der Waals surface area contributed by atoms with E-state index in [4.69, 9.17) is 9.47 Å². The fourth-order valence-electron chi connectivity index (χ4n) is 2.74. The number of nitrogens with zero attached hydrogens (tertiary/aromatic N) is 1. The summed E-state index contributed by atoms with van der Waals surface area (Å²) in [7, 11) is 1.71. The van der Waals surface area contributed by atoms with Gasteiger partial charge in [0.25, 0.3) is 0 Å². The van der Waals surface area contributed by atoms with Crippen LogP contribution in [0.4, 0.5) is 0 Å². The SMILES string of the molecule is CCOc1ccc(-c2cnc(CNCCc3ccccc3OC)s2)cc1. The molecular weight excluding hydrogens is 344 g/mol. The molecule has 0 fully saturated rings. The minimum atomic E-state index is 0.685. The van der Waals surface area contributed by atoms with Gasteiger partial charge in [-0.3, -0.25) is 0 Å². The van der Waals surface area contributed by atoms with Crippen molar-refractivity contribution in [3.8, 4) is 21.9 Å². The largest absolute Gasteiger partial charge is 0.496 e. The highest BCUT2D eigenvalue weighted by Gasteiger charge is 2.06. The molecule has 136 valence electrons. The molecule has 0 aliphatic rings. The number of rotatable bonds is 9. The zero-order chi connectivity index (χ0) is 18.2. The Hall–Kier alpha value is -2.37. The molecule has 1 N–H and O–H groups in total. The van der Waals surface area contributed by atoms with E-state index in [2.05, 4.69) is 28.5 Å². The summed E-state index contributed by atoms with van der Waals surface area (Å²) < 4.78 is 10.9. The Bertz CT molecular complexity index is 815. The van der Waals surface area contributed by atoms with Crippen LogP contribution in [0.2, 0.25) is 0 Å². The van der Waals surface area contributed by atoms with E-state index in [1.807, 2.05) is 43.5 Å². The third-order valence-corrected chi connectivity index (χ3v) is 5.09. The monoisotopic (exact) mass is 368 g/mol. The molecule has 0 amide bonds. The van der Waals surface area contributed by atoms with Crippen molar-refractivity contribution in [3.63, 3.8) is 0 Å². The maximum absolute atomic E-state index is 5.49. The fraction of sp³-hybridized carbons (Fsp3) is 0.286. The molecule has 0 radical (unpaired) electrons. The molecule has 3 rings (SSSR count). The Morgan fingerprint density at radius 2 is 1.88 bits per heavy atom. The van der Waals surface area contributed by atoms with E-state index in [0.29, 0.717) is 6.61 Å². The molecule has 26 heavy (non-hydrogen) atoms. The standard InChI is InChI=1S/C21H24N2O2S/c1-3-25-18-10-8-17(9-11-18)20-14-23-21(26-20)15-22-13-12-16-6-4-5-7-19(16)24-2/h4-11,14,22H,3,12-13,15H2,1-2H3. The Morgan fingerprint density at radius 1 is 1.08 bits per heavy atom. The lowest BCUT2D eigenvalue weighted by molar-refractivity contribution is 0.340. The lowest BCUT2D eigenvalue weighted by atomic mass is 10.1. The van der Waals surface area contributed by atoms with Crippen LogP contribution >= 0.6 is 11.3 Å². The normalized spacial score (nSPS) is 10.7. The summed E-state index contributed by atoms with van der Waals surface area (Å²) in [6.45, 7) is 4.34. The van der Waals surface area contributed by atoms with E-state index >= 15 is 0 Å². The first-order valence-corrected chi connectivity index (χ1v) is 9.62. The quantitative estimate of drug-likeness (QED) is 0.563. The highest BCUT2D eigenvalue weighted by atomic mass is 32.1. The number of nitrogens with one attached hydrogen (secondary N) is 1. The van der Waals surface area contributed by atoms with Crippen molar-refractivity contribution < 1.29 is 9.47 Å². The van der Waals surface area contributed by atoms with Gasteiger partial charge in [-0.15, -0.1) is 11.3 Å². The van der Waals surface area contributed by atoms with Crippen molar-refractivity contribution >= 4 is 11.3 Å². The number of benzene rings is 2. The van der Waals surface area contributed by atoms with Crippen molar-refractivity contribution in [1.29, 1.82) is 0 Å². The molecule has 0 saturated carbocycles. The van der Waals surface area contributed by atoms with Crippen LogP contribution in [0.25, 0.3) is 10.4 Å². The molecule has 2 aromatic carbocycles. The topological polar surface area (TPSA) is 43.4 Å². The van der Waals surface area contributed by atoms with Crippen LogP contribution in [0.1, 0.15) is 17.5 Å². The summed E-state index contributed by atoms with van der Waals surface area (Å²) >= 11 is 1.72. The van der Waals surface area contributed by atoms with Gasteiger partial charge < -0.3 is 14.8 Å². The number of aromatic nitrogens is 1. The molecule has 0 saturated heterocycles. The van der Waals surface area contributed by atoms with Gasteiger partial charge in [0.2, 0.25) is 0 Å². The van der Waals surface area contributed by atoms with Gasteiger partial charge in [0, 0.05) is 12.7 Å². The maximum Gasteiger partial charge on any atom is 0.122 e. The highest BCUT2D eigenvalue weighted by Crippen LogP contribution is 2.27. The number of hydrogen-bond acceptors (Lipinski definition) is 5. The van der Waals surface area contributed by atoms with Crippen LogP contribution in [0.15, 0.2) is 54.7 Å². The Morgan fingerprint density at radius 3 is 2.65 bits per heavy atom. The summed E-state index contributed by atoms with van der Waals surface area (Å²) in [6, 6.07) is 16.3. The van der Waals surface area contributed by atoms with E-state index in [9.17, 15) is 0 Å². The number of hydrogen-bond donors (Lipinski definition) is 1. The lowest BCUT2D eigenvalue weighted by Gasteiger charge is -2.08. The van der Waals surface area contributed by atoms with Crippen LogP contribution in [0.3, 0.4) is 0 Å². The maximum atomic E-state index is 5.49. The number of methoxy groups -OCH3 is 1. The number of ether oxygens (including phenoxy) is 2. The van der Waals surface area contributed by atoms with Crippen molar-refractivity contribution in [2.75, 3.05) is 20.3 Å². The predicted molar refractivity (Wildman–Crippen MR) is 107 cm³/mol. The molecule has 1 heterocycles. The highest BCUT2D eigenvalue weighted by molar-refractivity contribution is 7.15. The summed E-state index contributed by atoms with van der Waals surface area (Å²) in [6.07, 6.45) is 2.87. The minimum Gasteiger partial charge on any atom is -0.496 e.